The summed E-state index contributed by atoms with van der Waals surface area (Å²) in [5, 5.41) is 2.85. The van der Waals surface area contributed by atoms with Crippen LogP contribution < -0.4 is 19.5 Å². The Hall–Kier alpha value is -2.58. The van der Waals surface area contributed by atoms with Crippen LogP contribution in [0.25, 0.3) is 0 Å². The van der Waals surface area contributed by atoms with Gasteiger partial charge < -0.3 is 14.8 Å². The zero-order valence-electron chi connectivity index (χ0n) is 16.7. The highest BCUT2D eigenvalue weighted by Crippen LogP contribution is 2.32. The lowest BCUT2D eigenvalue weighted by Crippen LogP contribution is -2.28. The Kier molecular flexibility index (Phi) is 6.76. The Morgan fingerprint density at radius 3 is 2.59 bits per heavy atom. The van der Waals surface area contributed by atoms with Gasteiger partial charge in [0.1, 0.15) is 0 Å². The zero-order valence-corrected chi connectivity index (χ0v) is 17.5. The lowest BCUT2D eigenvalue weighted by Gasteiger charge is -2.09. The van der Waals surface area contributed by atoms with Crippen molar-refractivity contribution in [1.82, 2.24) is 10.0 Å². The van der Waals surface area contributed by atoms with Gasteiger partial charge in [-0.3, -0.25) is 4.79 Å². The first-order valence-corrected chi connectivity index (χ1v) is 11.1. The molecule has 156 valence electrons. The summed E-state index contributed by atoms with van der Waals surface area (Å²) in [5.74, 6) is 1.36. The smallest absolute Gasteiger partial charge is 0.240 e. The van der Waals surface area contributed by atoms with E-state index in [1.807, 2.05) is 32.0 Å². The Morgan fingerprint density at radius 1 is 1.00 bits per heavy atom. The van der Waals surface area contributed by atoms with Crippen LogP contribution in [0.5, 0.6) is 11.5 Å². The molecular formula is C21H26N2O5S. The van der Waals surface area contributed by atoms with Gasteiger partial charge in [-0.2, -0.15) is 0 Å². The molecule has 2 aromatic carbocycles. The first kappa shape index (κ1) is 21.1. The van der Waals surface area contributed by atoms with Crippen LogP contribution in [0.1, 0.15) is 29.5 Å². The van der Waals surface area contributed by atoms with E-state index in [0.29, 0.717) is 19.4 Å². The summed E-state index contributed by atoms with van der Waals surface area (Å²) in [6, 6.07) is 10.8. The maximum atomic E-state index is 12.3. The van der Waals surface area contributed by atoms with Crippen LogP contribution in [0.3, 0.4) is 0 Å². The molecule has 0 unspecified atom stereocenters. The molecule has 0 bridgehead atoms. The van der Waals surface area contributed by atoms with Crippen LogP contribution >= 0.6 is 0 Å². The molecule has 0 atom stereocenters. The number of benzene rings is 2. The molecule has 0 aromatic heterocycles. The Bertz CT molecular complexity index is 989. The first-order chi connectivity index (χ1) is 13.8. The number of amides is 1. The highest BCUT2D eigenvalue weighted by Gasteiger charge is 2.15. The van der Waals surface area contributed by atoms with Crippen LogP contribution in [0.15, 0.2) is 41.3 Å². The van der Waals surface area contributed by atoms with Gasteiger partial charge in [-0.15, -0.1) is 0 Å². The van der Waals surface area contributed by atoms with E-state index in [1.54, 1.807) is 18.2 Å². The second-order valence-electron chi connectivity index (χ2n) is 7.03. The third kappa shape index (κ3) is 5.71. The number of carbonyl (C=O) groups excluding carboxylic acids is 1. The standard InChI is InChI=1S/C21H26N2O5S/c1-15-5-7-18(12-16(15)2)29(25,26)23-10-3-4-21(24)22-11-9-17-6-8-19-20(13-17)28-14-27-19/h5-8,12-13,23H,3-4,9-11,14H2,1-2H3,(H,22,24). The van der Waals surface area contributed by atoms with Crippen LogP contribution in [-0.4, -0.2) is 34.2 Å². The van der Waals surface area contributed by atoms with Crippen molar-refractivity contribution < 1.29 is 22.7 Å². The van der Waals surface area contributed by atoms with Crippen molar-refractivity contribution in [2.45, 2.75) is 38.0 Å². The predicted molar refractivity (Wildman–Crippen MR) is 110 cm³/mol. The summed E-state index contributed by atoms with van der Waals surface area (Å²) in [6.07, 6.45) is 1.37. The maximum absolute atomic E-state index is 12.3. The molecule has 1 aliphatic heterocycles. The van der Waals surface area contributed by atoms with Gasteiger partial charge in [-0.05, 0) is 67.6 Å². The van der Waals surface area contributed by atoms with Gasteiger partial charge in [-0.1, -0.05) is 12.1 Å². The van der Waals surface area contributed by atoms with E-state index >= 15 is 0 Å². The highest BCUT2D eigenvalue weighted by molar-refractivity contribution is 7.89. The van der Waals surface area contributed by atoms with Crippen molar-refractivity contribution in [3.63, 3.8) is 0 Å². The molecule has 1 amide bonds. The van der Waals surface area contributed by atoms with Crippen molar-refractivity contribution >= 4 is 15.9 Å². The van der Waals surface area contributed by atoms with Crippen molar-refractivity contribution in [3.8, 4) is 11.5 Å². The van der Waals surface area contributed by atoms with Gasteiger partial charge in [0.15, 0.2) is 11.5 Å². The summed E-state index contributed by atoms with van der Waals surface area (Å²) in [5.41, 5.74) is 3.02. The molecule has 0 spiro atoms. The molecule has 0 saturated heterocycles. The number of carbonyl (C=O) groups is 1. The number of rotatable bonds is 9. The normalized spacial score (nSPS) is 12.8. The minimum Gasteiger partial charge on any atom is -0.454 e. The van der Waals surface area contributed by atoms with Gasteiger partial charge in [0.05, 0.1) is 4.90 Å². The average Bonchev–Trinajstić information content (AvgIpc) is 3.15. The Morgan fingerprint density at radius 2 is 1.79 bits per heavy atom. The first-order valence-electron chi connectivity index (χ1n) is 9.57. The fraction of sp³-hybridized carbons (Fsp3) is 0.381. The van der Waals surface area contributed by atoms with Crippen molar-refractivity contribution in [2.24, 2.45) is 0 Å². The van der Waals surface area contributed by atoms with E-state index in [0.717, 1.165) is 28.2 Å². The zero-order chi connectivity index (χ0) is 20.9. The molecular weight excluding hydrogens is 392 g/mol. The molecule has 2 N–H and O–H groups in total. The summed E-state index contributed by atoms with van der Waals surface area (Å²) in [6.45, 7) is 4.77. The van der Waals surface area contributed by atoms with Gasteiger partial charge >= 0.3 is 0 Å². The molecule has 7 nitrogen and oxygen atoms in total. The van der Waals surface area contributed by atoms with Gasteiger partial charge in [-0.25, -0.2) is 13.1 Å². The van der Waals surface area contributed by atoms with E-state index in [4.69, 9.17) is 9.47 Å². The van der Waals surface area contributed by atoms with Crippen LogP contribution in [0.4, 0.5) is 0 Å². The van der Waals surface area contributed by atoms with Gasteiger partial charge in [0.25, 0.3) is 0 Å². The van der Waals surface area contributed by atoms with Crippen LogP contribution in [-0.2, 0) is 21.2 Å². The van der Waals surface area contributed by atoms with Crippen molar-refractivity contribution in [3.05, 3.63) is 53.1 Å². The van der Waals surface area contributed by atoms with E-state index < -0.39 is 10.0 Å². The summed E-state index contributed by atoms with van der Waals surface area (Å²) >= 11 is 0. The van der Waals surface area contributed by atoms with Gasteiger partial charge in [0.2, 0.25) is 22.7 Å². The van der Waals surface area contributed by atoms with Crippen molar-refractivity contribution in [1.29, 1.82) is 0 Å². The number of hydrogen-bond donors (Lipinski definition) is 2. The molecule has 0 aliphatic carbocycles. The monoisotopic (exact) mass is 418 g/mol. The number of nitrogens with one attached hydrogen (secondary N) is 2. The third-order valence-electron chi connectivity index (χ3n) is 4.83. The molecule has 3 rings (SSSR count). The fourth-order valence-corrected chi connectivity index (χ4v) is 4.11. The number of aryl methyl sites for hydroxylation is 2. The van der Waals surface area contributed by atoms with E-state index in [9.17, 15) is 13.2 Å². The Labute approximate surface area is 171 Å². The second-order valence-corrected chi connectivity index (χ2v) is 8.80. The summed E-state index contributed by atoms with van der Waals surface area (Å²) < 4.78 is 37.8. The third-order valence-corrected chi connectivity index (χ3v) is 6.29. The van der Waals surface area contributed by atoms with Crippen LogP contribution in [0, 0.1) is 13.8 Å². The quantitative estimate of drug-likeness (QED) is 0.610. The largest absolute Gasteiger partial charge is 0.454 e. The molecule has 8 heteroatoms. The highest BCUT2D eigenvalue weighted by atomic mass is 32.2. The molecule has 2 aromatic rings. The summed E-state index contributed by atoms with van der Waals surface area (Å²) in [4.78, 5) is 12.2. The van der Waals surface area contributed by atoms with E-state index in [1.165, 1.54) is 0 Å². The second kappa shape index (κ2) is 9.28. The van der Waals surface area contributed by atoms with Gasteiger partial charge in [0, 0.05) is 19.5 Å². The van der Waals surface area contributed by atoms with E-state index in [2.05, 4.69) is 10.0 Å². The maximum Gasteiger partial charge on any atom is 0.240 e. The lowest BCUT2D eigenvalue weighted by atomic mass is 10.1. The minimum atomic E-state index is -3.56. The molecule has 1 heterocycles. The molecule has 1 aliphatic rings. The predicted octanol–water partition coefficient (Wildman–Crippen LogP) is 2.45. The molecule has 29 heavy (non-hydrogen) atoms. The average molecular weight is 419 g/mol. The van der Waals surface area contributed by atoms with Crippen molar-refractivity contribution in [2.75, 3.05) is 19.9 Å². The molecule has 0 fully saturated rings. The molecule has 0 radical (unpaired) electrons. The number of hydrogen-bond acceptors (Lipinski definition) is 5. The molecule has 0 saturated carbocycles. The Balaban J connectivity index is 1.36. The minimum absolute atomic E-state index is 0.101. The number of ether oxygens (including phenoxy) is 2. The topological polar surface area (TPSA) is 93.7 Å². The fourth-order valence-electron chi connectivity index (χ4n) is 2.95. The van der Waals surface area contributed by atoms with Crippen LogP contribution in [0.2, 0.25) is 0 Å². The lowest BCUT2D eigenvalue weighted by molar-refractivity contribution is -0.121. The van der Waals surface area contributed by atoms with E-state index in [-0.39, 0.29) is 30.6 Å². The number of sulfonamides is 1. The SMILES string of the molecule is Cc1ccc(S(=O)(=O)NCCCC(=O)NCCc2ccc3c(c2)OCO3)cc1C. The summed E-state index contributed by atoms with van der Waals surface area (Å²) in [7, 11) is -3.56. The number of fused-ring (bicyclic) bond motifs is 1.